The van der Waals surface area contributed by atoms with Crippen molar-refractivity contribution < 1.29 is 28.7 Å². The van der Waals surface area contributed by atoms with Crippen LogP contribution in [0.15, 0.2) is 77.9 Å². The second-order valence-electron chi connectivity index (χ2n) is 22.2. The Hall–Kier alpha value is -5.71. The quantitative estimate of drug-likeness (QED) is 0.115. The number of aromatic amines is 1. The van der Waals surface area contributed by atoms with Gasteiger partial charge >= 0.3 is 12.2 Å². The summed E-state index contributed by atoms with van der Waals surface area (Å²) in [4.78, 5) is 63.5. The average molecular weight is 936 g/mol. The van der Waals surface area contributed by atoms with Crippen molar-refractivity contribution in [2.24, 2.45) is 45.4 Å². The first-order chi connectivity index (χ1) is 33.1. The number of ketones is 1. The predicted molar refractivity (Wildman–Crippen MR) is 274 cm³/mol. The molecule has 3 saturated carbocycles. The molecular weight excluding hydrogens is 863 g/mol. The highest BCUT2D eigenvalue weighted by Crippen LogP contribution is 2.60. The number of aliphatic imine (C=N–C) groups is 1. The van der Waals surface area contributed by atoms with E-state index in [2.05, 4.69) is 102 Å². The molecule has 2 aliphatic heterocycles. The molecule has 3 aliphatic carbocycles. The van der Waals surface area contributed by atoms with Gasteiger partial charge in [0.1, 0.15) is 6.04 Å². The standard InChI is InChI=1S/C58H73N5O6/c1-9-37-28-47(60-53(37)48-31-58(23-24-58)33-63(48)54(65)51(35(4)5)62-56(67)69-8)39-14-12-38(13-15-39)40-16-17-42-27-43(19-18-41(42)26-40)45-25-36(6)52(59-32-45)46-30-57(21-22-57)20-10-11-44(46)29-49(64)50(34(2)3)61-55(66)68-7/h12-19,26-28,32,34-36,44,46,48,50-51,60H,9-11,20-25,29-31,33H2,1-8H3,(H,61,66)(H,62,67). The van der Waals surface area contributed by atoms with Gasteiger partial charge in [-0.15, -0.1) is 0 Å². The molecule has 6 atom stereocenters. The lowest BCUT2D eigenvalue weighted by atomic mass is 9.73. The van der Waals surface area contributed by atoms with Crippen LogP contribution in [0, 0.1) is 40.4 Å². The number of ether oxygens (including phenoxy) is 2. The van der Waals surface area contributed by atoms with Crippen molar-refractivity contribution in [1.82, 2.24) is 20.5 Å². The van der Waals surface area contributed by atoms with Crippen molar-refractivity contribution in [3.05, 3.63) is 89.8 Å². The number of hydrogen-bond acceptors (Lipinski definition) is 7. The second kappa shape index (κ2) is 19.6. The van der Waals surface area contributed by atoms with E-state index in [1.807, 2.05) is 32.6 Å². The molecule has 4 fully saturated rings. The number of H-pyrrole nitrogens is 1. The Balaban J connectivity index is 0.907. The number of methoxy groups -OCH3 is 2. The van der Waals surface area contributed by atoms with Gasteiger partial charge in [0.2, 0.25) is 5.91 Å². The van der Waals surface area contributed by atoms with E-state index in [-0.39, 0.29) is 52.7 Å². The molecule has 6 unspecified atom stereocenters. The zero-order valence-corrected chi connectivity index (χ0v) is 42.1. The van der Waals surface area contributed by atoms with Gasteiger partial charge in [0.25, 0.3) is 0 Å². The summed E-state index contributed by atoms with van der Waals surface area (Å²) in [5.74, 6) is 0.662. The fourth-order valence-corrected chi connectivity index (χ4v) is 12.2. The Kier molecular flexibility index (Phi) is 13.7. The molecule has 366 valence electrons. The third-order valence-corrected chi connectivity index (χ3v) is 16.7. The average Bonchev–Trinajstić information content (AvgIpc) is 4.23. The largest absolute Gasteiger partial charge is 0.453 e. The molecule has 1 aromatic heterocycles. The minimum atomic E-state index is -0.657. The number of hydrogen-bond donors (Lipinski definition) is 3. The topological polar surface area (TPSA) is 142 Å². The van der Waals surface area contributed by atoms with Gasteiger partial charge in [0.05, 0.1) is 26.3 Å². The first kappa shape index (κ1) is 48.3. The van der Waals surface area contributed by atoms with Gasteiger partial charge < -0.3 is 30.0 Å². The molecule has 69 heavy (non-hydrogen) atoms. The molecule has 0 bridgehead atoms. The smallest absolute Gasteiger partial charge is 0.407 e. The number of Topliss-reactive ketones (excluding diaryl/α,β-unsaturated/α-hetero) is 1. The Morgan fingerprint density at radius 1 is 0.768 bits per heavy atom. The van der Waals surface area contributed by atoms with Gasteiger partial charge in [0, 0.05) is 42.2 Å². The van der Waals surface area contributed by atoms with E-state index in [0.717, 1.165) is 79.4 Å². The maximum atomic E-state index is 14.2. The van der Waals surface area contributed by atoms with Crippen LogP contribution < -0.4 is 10.6 Å². The van der Waals surface area contributed by atoms with Crippen LogP contribution in [0.2, 0.25) is 0 Å². The number of nitrogens with one attached hydrogen (secondary N) is 3. The van der Waals surface area contributed by atoms with Gasteiger partial charge in [-0.2, -0.15) is 0 Å². The molecule has 5 aliphatic rings. The lowest BCUT2D eigenvalue weighted by Crippen LogP contribution is -2.51. The van der Waals surface area contributed by atoms with E-state index < -0.39 is 24.3 Å². The fourth-order valence-electron chi connectivity index (χ4n) is 12.2. The number of carbonyl (C=O) groups excluding carboxylic acids is 4. The number of nitrogens with zero attached hydrogens (tertiary/aromatic N) is 2. The van der Waals surface area contributed by atoms with Crippen LogP contribution in [0.5, 0.6) is 0 Å². The van der Waals surface area contributed by atoms with Crippen LogP contribution in [0.3, 0.4) is 0 Å². The number of benzene rings is 3. The van der Waals surface area contributed by atoms with Gasteiger partial charge in [-0.1, -0.05) is 96.5 Å². The van der Waals surface area contributed by atoms with Crippen LogP contribution in [-0.2, 0) is 25.5 Å². The molecule has 11 nitrogen and oxygen atoms in total. The minimum absolute atomic E-state index is 0.0257. The third-order valence-electron chi connectivity index (χ3n) is 16.7. The van der Waals surface area contributed by atoms with Crippen molar-refractivity contribution in [3.8, 4) is 22.4 Å². The highest BCUT2D eigenvalue weighted by molar-refractivity contribution is 5.96. The van der Waals surface area contributed by atoms with Crippen LogP contribution in [0.4, 0.5) is 9.59 Å². The van der Waals surface area contributed by atoms with Crippen LogP contribution in [-0.4, -0.2) is 72.3 Å². The number of amides is 3. The Morgan fingerprint density at radius 3 is 1.99 bits per heavy atom. The summed E-state index contributed by atoms with van der Waals surface area (Å²) in [6, 6.07) is 23.2. The first-order valence-electron chi connectivity index (χ1n) is 25.8. The predicted octanol–water partition coefficient (Wildman–Crippen LogP) is 12.2. The lowest BCUT2D eigenvalue weighted by molar-refractivity contribution is -0.135. The molecule has 3 heterocycles. The van der Waals surface area contributed by atoms with Crippen molar-refractivity contribution in [3.63, 3.8) is 0 Å². The maximum Gasteiger partial charge on any atom is 0.407 e. The van der Waals surface area contributed by atoms with E-state index >= 15 is 0 Å². The summed E-state index contributed by atoms with van der Waals surface area (Å²) < 4.78 is 9.75. The number of aromatic nitrogens is 1. The van der Waals surface area contributed by atoms with E-state index in [4.69, 9.17) is 14.5 Å². The second-order valence-corrected chi connectivity index (χ2v) is 22.2. The Bertz CT molecular complexity index is 2650. The molecule has 0 radical (unpaired) electrons. The minimum Gasteiger partial charge on any atom is -0.453 e. The number of likely N-dealkylation sites (tertiary alicyclic amines) is 1. The monoisotopic (exact) mass is 936 g/mol. The van der Waals surface area contributed by atoms with Crippen molar-refractivity contribution in [2.75, 3.05) is 20.8 Å². The fraction of sp³-hybridized carbons (Fsp3) is 0.534. The van der Waals surface area contributed by atoms with Gasteiger partial charge in [0.15, 0.2) is 5.78 Å². The molecule has 1 saturated heterocycles. The molecule has 3 amide bonds. The molecule has 11 heteroatoms. The van der Waals surface area contributed by atoms with Gasteiger partial charge in [-0.05, 0) is 161 Å². The Morgan fingerprint density at radius 2 is 1.38 bits per heavy atom. The number of rotatable bonds is 14. The molecule has 9 rings (SSSR count). The summed E-state index contributed by atoms with van der Waals surface area (Å²) in [5.41, 5.74) is 11.0. The summed E-state index contributed by atoms with van der Waals surface area (Å²) >= 11 is 0. The summed E-state index contributed by atoms with van der Waals surface area (Å²) in [5, 5.41) is 8.00. The summed E-state index contributed by atoms with van der Waals surface area (Å²) in [7, 11) is 2.67. The zero-order valence-electron chi connectivity index (χ0n) is 42.1. The maximum absolute atomic E-state index is 14.2. The van der Waals surface area contributed by atoms with E-state index in [0.29, 0.717) is 18.4 Å². The third kappa shape index (κ3) is 10.2. The normalized spacial score (nSPS) is 23.3. The van der Waals surface area contributed by atoms with Crippen LogP contribution in [0.1, 0.15) is 135 Å². The van der Waals surface area contributed by atoms with Gasteiger partial charge in [-0.3, -0.25) is 14.6 Å². The van der Waals surface area contributed by atoms with E-state index in [1.165, 1.54) is 66.7 Å². The number of allylic oxidation sites excluding steroid dienone is 1. The molecule has 3 N–H and O–H groups in total. The molecule has 2 spiro atoms. The van der Waals surface area contributed by atoms with Crippen LogP contribution in [0.25, 0.3) is 38.7 Å². The highest BCUT2D eigenvalue weighted by atomic mass is 16.5. The summed E-state index contributed by atoms with van der Waals surface area (Å²) in [6.45, 7) is 13.1. The Labute approximate surface area is 408 Å². The lowest BCUT2D eigenvalue weighted by Gasteiger charge is -2.34. The molecule has 3 aromatic carbocycles. The molecule has 4 aromatic rings. The van der Waals surface area contributed by atoms with Gasteiger partial charge in [-0.25, -0.2) is 9.59 Å². The number of fused-ring (bicyclic) bond motifs is 1. The SMILES string of the molecule is CCc1cc(-c2ccc(-c3ccc4cc(C5=CN=C(C6CC7(CCCC6CC(=O)C(NC(=O)OC)C(C)C)CC7)C(C)C5)ccc4c3)cc2)[nH]c1C1CC2(CC2)CN1C(=O)C(NC(=O)OC)C(C)C. The van der Waals surface area contributed by atoms with Crippen molar-refractivity contribution in [1.29, 1.82) is 0 Å². The van der Waals surface area contributed by atoms with Crippen molar-refractivity contribution in [2.45, 2.75) is 137 Å². The zero-order chi connectivity index (χ0) is 48.8. The van der Waals surface area contributed by atoms with Crippen molar-refractivity contribution >= 4 is 45.9 Å². The van der Waals surface area contributed by atoms with E-state index in [9.17, 15) is 19.2 Å². The van der Waals surface area contributed by atoms with Crippen LogP contribution >= 0.6 is 0 Å². The number of aryl methyl sites for hydroxylation is 1. The molecular formula is C58H73N5O6. The van der Waals surface area contributed by atoms with E-state index in [1.54, 1.807) is 0 Å². The number of carbonyl (C=O) groups is 4. The first-order valence-corrected chi connectivity index (χ1v) is 25.8. The summed E-state index contributed by atoms with van der Waals surface area (Å²) in [6.07, 6.45) is 13.4. The highest BCUT2D eigenvalue weighted by Gasteiger charge is 2.55. The number of alkyl carbamates (subject to hydrolysis) is 2.